The zero-order valence-corrected chi connectivity index (χ0v) is 20.6. The molecular weight excluding hydrogens is 491 g/mol. The van der Waals surface area contributed by atoms with Crippen LogP contribution in [0.25, 0.3) is 11.3 Å². The molecule has 2 aromatic heterocycles. The number of hydrogen-bond donors (Lipinski definition) is 3. The van der Waals surface area contributed by atoms with E-state index in [0.29, 0.717) is 40.1 Å². The monoisotopic (exact) mass is 512 g/mol. The van der Waals surface area contributed by atoms with Crippen LogP contribution in [-0.4, -0.2) is 39.3 Å². The molecule has 0 radical (unpaired) electrons. The molecule has 35 heavy (non-hydrogen) atoms. The Morgan fingerprint density at radius 2 is 1.66 bits per heavy atom. The van der Waals surface area contributed by atoms with Crippen LogP contribution in [0.15, 0.2) is 55.2 Å². The molecule has 1 atom stereocenters. The van der Waals surface area contributed by atoms with Gasteiger partial charge in [0.15, 0.2) is 0 Å². The summed E-state index contributed by atoms with van der Waals surface area (Å²) in [4.78, 5) is 17.2. The van der Waals surface area contributed by atoms with Crippen molar-refractivity contribution in [1.29, 1.82) is 0 Å². The molecule has 4 aromatic rings. The Morgan fingerprint density at radius 3 is 2.34 bits per heavy atom. The number of halogens is 2. The summed E-state index contributed by atoms with van der Waals surface area (Å²) in [6.07, 6.45) is 3.87. The largest absolute Gasteiger partial charge is 0.495 e. The Balaban J connectivity index is 1.69. The predicted octanol–water partition coefficient (Wildman–Crippen LogP) is 5.80. The van der Waals surface area contributed by atoms with Crippen molar-refractivity contribution in [2.75, 3.05) is 24.9 Å². The molecular formula is C24H22Cl2N6O3. The van der Waals surface area contributed by atoms with E-state index >= 15 is 0 Å². The lowest BCUT2D eigenvalue weighted by Crippen LogP contribution is -2.02. The lowest BCUT2D eigenvalue weighted by Gasteiger charge is -2.17. The fraction of sp³-hybridized carbons (Fsp3) is 0.167. The van der Waals surface area contributed by atoms with E-state index in [-0.39, 0.29) is 10.0 Å². The Labute approximate surface area is 212 Å². The van der Waals surface area contributed by atoms with Crippen LogP contribution in [0.5, 0.6) is 11.5 Å². The quantitative estimate of drug-likeness (QED) is 0.269. The third-order valence-electron chi connectivity index (χ3n) is 5.11. The predicted molar refractivity (Wildman–Crippen MR) is 136 cm³/mol. The highest BCUT2D eigenvalue weighted by molar-refractivity contribution is 6.41. The summed E-state index contributed by atoms with van der Waals surface area (Å²) in [5, 5.41) is 16.8. The van der Waals surface area contributed by atoms with Crippen LogP contribution < -0.4 is 20.1 Å². The minimum absolute atomic E-state index is 0.269. The van der Waals surface area contributed by atoms with Gasteiger partial charge in [-0.2, -0.15) is 0 Å². The molecule has 0 bridgehead atoms. The summed E-state index contributed by atoms with van der Waals surface area (Å²) in [5.41, 5.74) is 3.07. The third kappa shape index (κ3) is 5.37. The van der Waals surface area contributed by atoms with Crippen molar-refractivity contribution in [3.63, 3.8) is 0 Å². The average molecular weight is 513 g/mol. The van der Waals surface area contributed by atoms with E-state index in [9.17, 15) is 5.11 Å². The number of rotatable bonds is 8. The van der Waals surface area contributed by atoms with Crippen LogP contribution in [0.1, 0.15) is 18.6 Å². The number of nitrogens with one attached hydrogen (secondary N) is 2. The molecule has 2 aromatic carbocycles. The number of nitrogens with zero attached hydrogens (tertiary/aromatic N) is 4. The van der Waals surface area contributed by atoms with Gasteiger partial charge >= 0.3 is 0 Å². The molecule has 2 heterocycles. The number of aromatic nitrogens is 4. The van der Waals surface area contributed by atoms with Crippen LogP contribution in [0.2, 0.25) is 10.0 Å². The molecule has 180 valence electrons. The van der Waals surface area contributed by atoms with Crippen molar-refractivity contribution in [2.24, 2.45) is 0 Å². The summed E-state index contributed by atoms with van der Waals surface area (Å²) >= 11 is 13.0. The van der Waals surface area contributed by atoms with E-state index in [2.05, 4.69) is 30.6 Å². The highest BCUT2D eigenvalue weighted by Gasteiger charge is 2.20. The zero-order valence-electron chi connectivity index (χ0n) is 19.1. The van der Waals surface area contributed by atoms with Gasteiger partial charge in [0, 0.05) is 24.0 Å². The van der Waals surface area contributed by atoms with Crippen molar-refractivity contribution in [3.8, 4) is 22.8 Å². The maximum Gasteiger partial charge on any atom is 0.143 e. The van der Waals surface area contributed by atoms with E-state index in [1.165, 1.54) is 26.9 Å². The van der Waals surface area contributed by atoms with Crippen LogP contribution in [0.4, 0.5) is 23.0 Å². The molecule has 3 N–H and O–H groups in total. The molecule has 0 fully saturated rings. The summed E-state index contributed by atoms with van der Waals surface area (Å²) in [6.45, 7) is 1.71. The number of methoxy groups -OCH3 is 2. The molecule has 4 rings (SSSR count). The minimum Gasteiger partial charge on any atom is -0.495 e. The molecule has 0 aliphatic carbocycles. The van der Waals surface area contributed by atoms with Crippen LogP contribution in [0.3, 0.4) is 0 Å². The smallest absolute Gasteiger partial charge is 0.143 e. The van der Waals surface area contributed by atoms with Gasteiger partial charge in [-0.05, 0) is 24.6 Å². The standard InChI is InChI=1S/C24H22Cl2N6O3/c1-13(33)14-5-4-6-15(7-14)31-20-8-17(28-12-29-20)16-10-27-11-30-24(16)32-23-21(25)18(34-2)9-19(35-3)22(23)26/h4-13,33H,1-3H3,(H,27,30,32)(H,28,29,31). The van der Waals surface area contributed by atoms with Gasteiger partial charge in [-0.3, -0.25) is 0 Å². The van der Waals surface area contributed by atoms with Crippen molar-refractivity contribution < 1.29 is 14.6 Å². The summed E-state index contributed by atoms with van der Waals surface area (Å²) in [5.74, 6) is 1.74. The molecule has 0 saturated carbocycles. The Hall–Kier alpha value is -3.66. The first-order chi connectivity index (χ1) is 16.9. The molecule has 0 aliphatic rings. The van der Waals surface area contributed by atoms with Gasteiger partial charge in [0.25, 0.3) is 0 Å². The van der Waals surface area contributed by atoms with E-state index in [1.807, 2.05) is 24.3 Å². The SMILES string of the molecule is COc1cc(OC)c(Cl)c(Nc2ncncc2-c2cc(Nc3cccc(C(C)O)c3)ncn2)c1Cl. The van der Waals surface area contributed by atoms with Gasteiger partial charge < -0.3 is 25.2 Å². The number of benzene rings is 2. The second-order valence-electron chi connectivity index (χ2n) is 7.41. The summed E-state index contributed by atoms with van der Waals surface area (Å²) in [6, 6.07) is 10.8. The number of aliphatic hydroxyl groups excluding tert-OH is 1. The molecule has 0 saturated heterocycles. The zero-order chi connectivity index (χ0) is 24.9. The van der Waals surface area contributed by atoms with Gasteiger partial charge in [-0.25, -0.2) is 19.9 Å². The highest BCUT2D eigenvalue weighted by Crippen LogP contribution is 2.45. The average Bonchev–Trinajstić information content (AvgIpc) is 2.87. The minimum atomic E-state index is -0.582. The fourth-order valence-corrected chi connectivity index (χ4v) is 3.92. The molecule has 0 amide bonds. The number of anilines is 4. The molecule has 9 nitrogen and oxygen atoms in total. The van der Waals surface area contributed by atoms with E-state index < -0.39 is 6.10 Å². The first-order valence-corrected chi connectivity index (χ1v) is 11.2. The van der Waals surface area contributed by atoms with Crippen molar-refractivity contribution in [1.82, 2.24) is 19.9 Å². The molecule has 1 unspecified atom stereocenters. The molecule has 0 spiro atoms. The Kier molecular flexibility index (Phi) is 7.50. The number of ether oxygens (including phenoxy) is 2. The van der Waals surface area contributed by atoms with Crippen LogP contribution in [0, 0.1) is 0 Å². The Bertz CT molecular complexity index is 1320. The van der Waals surface area contributed by atoms with E-state index in [4.69, 9.17) is 32.7 Å². The van der Waals surface area contributed by atoms with E-state index in [1.54, 1.807) is 25.3 Å². The van der Waals surface area contributed by atoms with Gasteiger partial charge in [0.1, 0.15) is 45.8 Å². The van der Waals surface area contributed by atoms with Crippen molar-refractivity contribution in [3.05, 3.63) is 70.9 Å². The van der Waals surface area contributed by atoms with Crippen molar-refractivity contribution in [2.45, 2.75) is 13.0 Å². The van der Waals surface area contributed by atoms with E-state index in [0.717, 1.165) is 11.3 Å². The normalized spacial score (nSPS) is 11.6. The van der Waals surface area contributed by atoms with Gasteiger partial charge in [-0.1, -0.05) is 35.3 Å². The number of aliphatic hydroxyl groups is 1. The topological polar surface area (TPSA) is 114 Å². The first kappa shape index (κ1) is 24.5. The van der Waals surface area contributed by atoms with Gasteiger partial charge in [-0.15, -0.1) is 0 Å². The first-order valence-electron chi connectivity index (χ1n) is 10.5. The highest BCUT2D eigenvalue weighted by atomic mass is 35.5. The Morgan fingerprint density at radius 1 is 0.914 bits per heavy atom. The van der Waals surface area contributed by atoms with Crippen molar-refractivity contribution >= 4 is 46.2 Å². The van der Waals surface area contributed by atoms with Gasteiger partial charge in [0.05, 0.1) is 37.3 Å². The fourth-order valence-electron chi connectivity index (χ4n) is 3.33. The second kappa shape index (κ2) is 10.7. The van der Waals surface area contributed by atoms with Crippen LogP contribution in [-0.2, 0) is 0 Å². The second-order valence-corrected chi connectivity index (χ2v) is 8.16. The number of hydrogen-bond acceptors (Lipinski definition) is 9. The lowest BCUT2D eigenvalue weighted by atomic mass is 10.1. The molecule has 0 aliphatic heterocycles. The summed E-state index contributed by atoms with van der Waals surface area (Å²) in [7, 11) is 3.00. The third-order valence-corrected chi connectivity index (χ3v) is 5.86. The maximum atomic E-state index is 9.85. The summed E-state index contributed by atoms with van der Waals surface area (Å²) < 4.78 is 10.7. The lowest BCUT2D eigenvalue weighted by molar-refractivity contribution is 0.199. The molecule has 11 heteroatoms. The van der Waals surface area contributed by atoms with Gasteiger partial charge in [0.2, 0.25) is 0 Å². The van der Waals surface area contributed by atoms with Crippen LogP contribution >= 0.6 is 23.2 Å². The maximum absolute atomic E-state index is 9.85.